The molecule has 0 aliphatic carbocycles. The fourth-order valence-corrected chi connectivity index (χ4v) is 6.04. The summed E-state index contributed by atoms with van der Waals surface area (Å²) in [5, 5.41) is 0. The first-order valence-electron chi connectivity index (χ1n) is 14.9. The first kappa shape index (κ1) is 37.5. The minimum atomic E-state index is -0.824. The van der Waals surface area contributed by atoms with Crippen molar-refractivity contribution in [2.45, 2.75) is 108 Å². The fourth-order valence-electron chi connectivity index (χ4n) is 4.80. The van der Waals surface area contributed by atoms with Gasteiger partial charge in [0.2, 0.25) is 0 Å². The van der Waals surface area contributed by atoms with Crippen molar-refractivity contribution in [3.8, 4) is 0 Å². The van der Waals surface area contributed by atoms with Gasteiger partial charge in [-0.15, -0.1) is 0 Å². The first-order valence-corrected chi connectivity index (χ1v) is 16.2. The predicted molar refractivity (Wildman–Crippen MR) is 181 cm³/mol. The Labute approximate surface area is 274 Å². The quantitative estimate of drug-likeness (QED) is 0.151. The molecule has 4 unspecified atom stereocenters. The smallest absolute Gasteiger partial charge is 0.457 e. The van der Waals surface area contributed by atoms with Crippen molar-refractivity contribution in [3.05, 3.63) is 68.8 Å². The van der Waals surface area contributed by atoms with Gasteiger partial charge in [-0.2, -0.15) is 25.3 Å². The van der Waals surface area contributed by atoms with Crippen LogP contribution in [0, 0.1) is 38.5 Å². The highest BCUT2D eigenvalue weighted by Crippen LogP contribution is 2.31. The standard InChI is InChI=1S/C35H50O7S2/c1-19-15-27(31(36)41-29(17-43)34(7,8)9)21(3)13-25(19)23(5)39-33(38)40-24(6)26-14-22(4)28(16-20(26)2)32(37)42-30(18-44)35(10,11)12/h13-16,23-24,29-30,43-44H,17-18H2,1-12H3. The van der Waals surface area contributed by atoms with E-state index in [1.54, 1.807) is 26.0 Å². The monoisotopic (exact) mass is 646 g/mol. The molecule has 0 aliphatic rings. The molecule has 0 aromatic heterocycles. The SMILES string of the molecule is Cc1cc(C(C)OC(=O)OC(C)c2cc(C)c(C(=O)OC(CS)C(C)(C)C)cc2C)c(C)cc1C(=O)OC(CS)C(C)(C)C. The van der Waals surface area contributed by atoms with Gasteiger partial charge in [-0.25, -0.2) is 14.4 Å². The van der Waals surface area contributed by atoms with Crippen molar-refractivity contribution in [2.75, 3.05) is 11.5 Å². The molecule has 0 N–H and O–H groups in total. The van der Waals surface area contributed by atoms with Crippen LogP contribution in [0.3, 0.4) is 0 Å². The number of carbonyl (C=O) groups is 3. The lowest BCUT2D eigenvalue weighted by atomic mass is 9.90. The number of carbonyl (C=O) groups excluding carboxylic acids is 3. The number of ether oxygens (including phenoxy) is 4. The summed E-state index contributed by atoms with van der Waals surface area (Å²) >= 11 is 8.70. The number of hydrogen-bond acceptors (Lipinski definition) is 9. The Balaban J connectivity index is 2.14. The highest BCUT2D eigenvalue weighted by atomic mass is 32.1. The third kappa shape index (κ3) is 9.67. The Morgan fingerprint density at radius 3 is 1.18 bits per heavy atom. The van der Waals surface area contributed by atoms with E-state index in [2.05, 4.69) is 25.3 Å². The summed E-state index contributed by atoms with van der Waals surface area (Å²) in [6.45, 7) is 22.9. The van der Waals surface area contributed by atoms with Crippen LogP contribution < -0.4 is 0 Å². The van der Waals surface area contributed by atoms with Gasteiger partial charge in [0, 0.05) is 11.5 Å². The molecule has 9 heteroatoms. The van der Waals surface area contributed by atoms with Crippen LogP contribution in [-0.4, -0.2) is 41.8 Å². The molecular formula is C35H50O7S2. The van der Waals surface area contributed by atoms with Crippen molar-refractivity contribution < 1.29 is 33.3 Å². The van der Waals surface area contributed by atoms with Crippen molar-refractivity contribution in [2.24, 2.45) is 10.8 Å². The van der Waals surface area contributed by atoms with E-state index in [-0.39, 0.29) is 23.0 Å². The predicted octanol–water partition coefficient (Wildman–Crippen LogP) is 8.90. The summed E-state index contributed by atoms with van der Waals surface area (Å²) in [6, 6.07) is 7.20. The van der Waals surface area contributed by atoms with Gasteiger partial charge < -0.3 is 18.9 Å². The first-order chi connectivity index (χ1) is 20.2. The largest absolute Gasteiger partial charge is 0.509 e. The molecule has 0 amide bonds. The number of rotatable bonds is 10. The van der Waals surface area contributed by atoms with Crippen LogP contribution in [0.25, 0.3) is 0 Å². The zero-order chi connectivity index (χ0) is 33.7. The summed E-state index contributed by atoms with van der Waals surface area (Å²) in [5.74, 6) is 0.0176. The van der Waals surface area contributed by atoms with Crippen LogP contribution >= 0.6 is 25.3 Å². The summed E-state index contributed by atoms with van der Waals surface area (Å²) < 4.78 is 22.8. The highest BCUT2D eigenvalue weighted by molar-refractivity contribution is 7.80. The Morgan fingerprint density at radius 1 is 0.591 bits per heavy atom. The fraction of sp³-hybridized carbons (Fsp3) is 0.571. The average molecular weight is 647 g/mol. The molecule has 0 heterocycles. The minimum Gasteiger partial charge on any atom is -0.457 e. The number of benzene rings is 2. The van der Waals surface area contributed by atoms with Crippen LogP contribution in [0.1, 0.15) is 122 Å². The molecule has 7 nitrogen and oxygen atoms in total. The molecular weight excluding hydrogens is 597 g/mol. The van der Waals surface area contributed by atoms with E-state index in [9.17, 15) is 14.4 Å². The molecule has 2 rings (SSSR count). The summed E-state index contributed by atoms with van der Waals surface area (Å²) in [4.78, 5) is 38.8. The lowest BCUT2D eigenvalue weighted by molar-refractivity contribution is 0.00446. The average Bonchev–Trinajstić information content (AvgIpc) is 2.90. The molecule has 0 bridgehead atoms. The van der Waals surface area contributed by atoms with Crippen LogP contribution in [0.5, 0.6) is 0 Å². The second kappa shape index (κ2) is 15.1. The summed E-state index contributed by atoms with van der Waals surface area (Å²) in [7, 11) is 0. The second-order valence-electron chi connectivity index (χ2n) is 13.7. The van der Waals surface area contributed by atoms with Gasteiger partial charge >= 0.3 is 18.1 Å². The van der Waals surface area contributed by atoms with E-state index < -0.39 is 30.3 Å². The van der Waals surface area contributed by atoms with Gasteiger partial charge in [0.05, 0.1) is 11.1 Å². The second-order valence-corrected chi connectivity index (χ2v) is 14.4. The van der Waals surface area contributed by atoms with Crippen LogP contribution in [-0.2, 0) is 18.9 Å². The van der Waals surface area contributed by atoms with Crippen LogP contribution in [0.2, 0.25) is 0 Å². The van der Waals surface area contributed by atoms with Gasteiger partial charge in [0.1, 0.15) is 24.4 Å². The van der Waals surface area contributed by atoms with Crippen molar-refractivity contribution in [1.82, 2.24) is 0 Å². The molecule has 0 saturated carbocycles. The third-order valence-electron chi connectivity index (χ3n) is 7.85. The van der Waals surface area contributed by atoms with Gasteiger partial charge in [-0.1, -0.05) is 53.7 Å². The molecule has 44 heavy (non-hydrogen) atoms. The summed E-state index contributed by atoms with van der Waals surface area (Å²) in [6.07, 6.45) is -2.75. The van der Waals surface area contributed by atoms with Gasteiger partial charge in [0.15, 0.2) is 0 Å². The van der Waals surface area contributed by atoms with Crippen molar-refractivity contribution in [3.63, 3.8) is 0 Å². The highest BCUT2D eigenvalue weighted by Gasteiger charge is 2.30. The maximum atomic E-state index is 13.0. The van der Waals surface area contributed by atoms with E-state index in [0.717, 1.165) is 22.3 Å². The number of hydrogen-bond donors (Lipinski definition) is 2. The van der Waals surface area contributed by atoms with Crippen molar-refractivity contribution >= 4 is 43.4 Å². The minimum absolute atomic E-state index is 0.243. The molecule has 0 spiro atoms. The van der Waals surface area contributed by atoms with Gasteiger partial charge in [-0.3, -0.25) is 0 Å². The maximum absolute atomic E-state index is 13.0. The van der Waals surface area contributed by atoms with E-state index in [1.165, 1.54) is 0 Å². The van der Waals surface area contributed by atoms with Crippen molar-refractivity contribution in [1.29, 1.82) is 0 Å². The van der Waals surface area contributed by atoms with Gasteiger partial charge in [0.25, 0.3) is 0 Å². The van der Waals surface area contributed by atoms with E-state index in [0.29, 0.717) is 33.8 Å². The zero-order valence-corrected chi connectivity index (χ0v) is 30.1. The topological polar surface area (TPSA) is 88.1 Å². The Kier molecular flexibility index (Phi) is 12.9. The Hall–Kier alpha value is -2.65. The molecule has 0 radical (unpaired) electrons. The lowest BCUT2D eigenvalue weighted by Crippen LogP contribution is -2.33. The number of thiol groups is 2. The van der Waals surface area contributed by atoms with Crippen LogP contribution in [0.4, 0.5) is 4.79 Å². The lowest BCUT2D eigenvalue weighted by Gasteiger charge is -2.29. The van der Waals surface area contributed by atoms with Crippen LogP contribution in [0.15, 0.2) is 24.3 Å². The molecule has 0 aliphatic heterocycles. The van der Waals surface area contributed by atoms with E-state index >= 15 is 0 Å². The van der Waals surface area contributed by atoms with E-state index in [4.69, 9.17) is 18.9 Å². The molecule has 2 aromatic rings. The number of esters is 2. The molecule has 0 fully saturated rings. The Morgan fingerprint density at radius 2 is 0.909 bits per heavy atom. The zero-order valence-electron chi connectivity index (χ0n) is 28.3. The summed E-state index contributed by atoms with van der Waals surface area (Å²) in [5.41, 5.74) is 4.96. The molecule has 4 atom stereocenters. The number of aryl methyl sites for hydroxylation is 4. The third-order valence-corrected chi connectivity index (χ3v) is 8.51. The maximum Gasteiger partial charge on any atom is 0.509 e. The van der Waals surface area contributed by atoms with E-state index in [1.807, 2.05) is 81.4 Å². The van der Waals surface area contributed by atoms with Gasteiger partial charge in [-0.05, 0) is 97.9 Å². The molecule has 0 saturated heterocycles. The normalized spacial score (nSPS) is 14.7. The molecule has 244 valence electrons. The Bertz CT molecular complexity index is 1250. The molecule has 2 aromatic carbocycles.